The highest BCUT2D eigenvalue weighted by molar-refractivity contribution is 7.99. The van der Waals surface area contributed by atoms with Crippen LogP contribution in [0.15, 0.2) is 23.1 Å². The summed E-state index contributed by atoms with van der Waals surface area (Å²) >= 11 is 7.75. The fraction of sp³-hybridized carbons (Fsp3) is 0.562. The van der Waals surface area contributed by atoms with Crippen LogP contribution in [0.5, 0.6) is 0 Å². The number of nitrogens with two attached hydrogens (primary N) is 1. The monoisotopic (exact) mass is 362 g/mol. The lowest BCUT2D eigenvalue weighted by atomic mass is 9.79. The third-order valence-corrected chi connectivity index (χ3v) is 5.26. The van der Waals surface area contributed by atoms with Crippen molar-refractivity contribution in [2.75, 3.05) is 18.8 Å². The van der Waals surface area contributed by atoms with Gasteiger partial charge in [0.05, 0.1) is 5.56 Å². The van der Waals surface area contributed by atoms with E-state index < -0.39 is 0 Å². The topological polar surface area (TPSA) is 46.3 Å². The summed E-state index contributed by atoms with van der Waals surface area (Å²) in [5.74, 6) is 0.992. The van der Waals surface area contributed by atoms with Crippen LogP contribution >= 0.6 is 35.8 Å². The van der Waals surface area contributed by atoms with Crippen molar-refractivity contribution in [2.24, 2.45) is 11.1 Å². The van der Waals surface area contributed by atoms with E-state index in [1.54, 1.807) is 17.8 Å². The van der Waals surface area contributed by atoms with E-state index in [2.05, 4.69) is 20.8 Å². The average molecular weight is 363 g/mol. The number of benzene rings is 1. The Hall–Kier alpha value is -0.420. The first kappa shape index (κ1) is 19.6. The zero-order valence-corrected chi connectivity index (χ0v) is 15.7. The van der Waals surface area contributed by atoms with Crippen molar-refractivity contribution in [1.82, 2.24) is 4.90 Å². The van der Waals surface area contributed by atoms with Gasteiger partial charge in [-0.05, 0) is 35.8 Å². The Bertz CT molecular complexity index is 537. The van der Waals surface area contributed by atoms with Crippen molar-refractivity contribution in [2.45, 2.75) is 38.1 Å². The molecule has 1 saturated heterocycles. The molecule has 0 aliphatic carbocycles. The van der Waals surface area contributed by atoms with E-state index in [1.807, 2.05) is 17.0 Å². The molecule has 22 heavy (non-hydrogen) atoms. The lowest BCUT2D eigenvalue weighted by molar-refractivity contribution is 0.0529. The molecule has 0 radical (unpaired) electrons. The second-order valence-electron chi connectivity index (χ2n) is 6.18. The third kappa shape index (κ3) is 4.31. The summed E-state index contributed by atoms with van der Waals surface area (Å²) in [4.78, 5) is 15.8. The maximum absolute atomic E-state index is 12.9. The SMILES string of the molecule is CCSc1ccc(Cl)cc1C(=O)N1CCC(N)C(C)(C)C1.Cl. The molecule has 2 N–H and O–H groups in total. The van der Waals surface area contributed by atoms with Crippen LogP contribution in [0.4, 0.5) is 0 Å². The molecule has 0 bridgehead atoms. The molecule has 1 fully saturated rings. The molecule has 1 aliphatic rings. The van der Waals surface area contributed by atoms with E-state index in [9.17, 15) is 4.79 Å². The molecular weight excluding hydrogens is 339 g/mol. The Balaban J connectivity index is 0.00000242. The van der Waals surface area contributed by atoms with Crippen molar-refractivity contribution in [3.05, 3.63) is 28.8 Å². The highest BCUT2D eigenvalue weighted by atomic mass is 35.5. The summed E-state index contributed by atoms with van der Waals surface area (Å²) in [5.41, 5.74) is 6.81. The van der Waals surface area contributed by atoms with Gasteiger partial charge in [0.25, 0.3) is 5.91 Å². The van der Waals surface area contributed by atoms with Gasteiger partial charge in [0.15, 0.2) is 0 Å². The van der Waals surface area contributed by atoms with Gasteiger partial charge in [-0.2, -0.15) is 0 Å². The molecule has 1 unspecified atom stereocenters. The van der Waals surface area contributed by atoms with Gasteiger partial charge in [-0.1, -0.05) is 32.4 Å². The van der Waals surface area contributed by atoms with Gasteiger partial charge in [0.1, 0.15) is 0 Å². The molecule has 0 saturated carbocycles. The largest absolute Gasteiger partial charge is 0.338 e. The molecular formula is C16H24Cl2N2OS. The molecule has 2 rings (SSSR count). The number of hydrogen-bond acceptors (Lipinski definition) is 3. The number of amides is 1. The van der Waals surface area contributed by atoms with Crippen LogP contribution in [0, 0.1) is 5.41 Å². The summed E-state index contributed by atoms with van der Waals surface area (Å²) < 4.78 is 0. The maximum atomic E-state index is 12.9. The van der Waals surface area contributed by atoms with Crippen LogP contribution in [-0.4, -0.2) is 35.7 Å². The molecule has 1 aromatic rings. The first-order chi connectivity index (χ1) is 9.85. The Labute approximate surface area is 148 Å². The number of thioether (sulfide) groups is 1. The number of likely N-dealkylation sites (tertiary alicyclic amines) is 1. The van der Waals surface area contributed by atoms with Crippen LogP contribution in [0.3, 0.4) is 0 Å². The Morgan fingerprint density at radius 1 is 1.50 bits per heavy atom. The van der Waals surface area contributed by atoms with Gasteiger partial charge in [-0.3, -0.25) is 4.79 Å². The molecule has 1 aliphatic heterocycles. The molecule has 1 amide bonds. The molecule has 1 aromatic carbocycles. The molecule has 0 aromatic heterocycles. The second-order valence-corrected chi connectivity index (χ2v) is 7.93. The van der Waals surface area contributed by atoms with Gasteiger partial charge in [-0.15, -0.1) is 24.2 Å². The lowest BCUT2D eigenvalue weighted by Gasteiger charge is -2.42. The van der Waals surface area contributed by atoms with E-state index in [0.717, 1.165) is 17.1 Å². The molecule has 1 heterocycles. The Morgan fingerprint density at radius 2 is 2.18 bits per heavy atom. The average Bonchev–Trinajstić information content (AvgIpc) is 2.43. The van der Waals surface area contributed by atoms with E-state index in [1.165, 1.54) is 0 Å². The smallest absolute Gasteiger partial charge is 0.255 e. The number of halogens is 2. The minimum atomic E-state index is -0.0510. The van der Waals surface area contributed by atoms with E-state index in [-0.39, 0.29) is 29.8 Å². The quantitative estimate of drug-likeness (QED) is 0.824. The first-order valence-electron chi connectivity index (χ1n) is 7.32. The molecule has 0 spiro atoms. The van der Waals surface area contributed by atoms with Crippen molar-refractivity contribution in [3.8, 4) is 0 Å². The van der Waals surface area contributed by atoms with Crippen LogP contribution in [-0.2, 0) is 0 Å². The van der Waals surface area contributed by atoms with Crippen molar-refractivity contribution >= 4 is 41.7 Å². The maximum Gasteiger partial charge on any atom is 0.255 e. The Morgan fingerprint density at radius 3 is 2.77 bits per heavy atom. The number of carbonyl (C=O) groups is 1. The van der Waals surface area contributed by atoms with Gasteiger partial charge in [0, 0.05) is 29.0 Å². The highest BCUT2D eigenvalue weighted by Gasteiger charge is 2.36. The predicted molar refractivity (Wildman–Crippen MR) is 97.4 cm³/mol. The molecule has 3 nitrogen and oxygen atoms in total. The predicted octanol–water partition coefficient (Wildman–Crippen LogP) is 4.07. The van der Waals surface area contributed by atoms with Crippen molar-refractivity contribution in [3.63, 3.8) is 0 Å². The number of hydrogen-bond donors (Lipinski definition) is 1. The van der Waals surface area contributed by atoms with Crippen molar-refractivity contribution < 1.29 is 4.79 Å². The number of nitrogens with zero attached hydrogens (tertiary/aromatic N) is 1. The van der Waals surface area contributed by atoms with Gasteiger partial charge >= 0.3 is 0 Å². The fourth-order valence-electron chi connectivity index (χ4n) is 2.67. The second kappa shape index (κ2) is 7.91. The fourth-order valence-corrected chi connectivity index (χ4v) is 3.62. The van der Waals surface area contributed by atoms with Crippen molar-refractivity contribution in [1.29, 1.82) is 0 Å². The minimum Gasteiger partial charge on any atom is -0.338 e. The Kier molecular flexibility index (Phi) is 7.06. The van der Waals surface area contributed by atoms with Crippen LogP contribution in [0.25, 0.3) is 0 Å². The zero-order valence-electron chi connectivity index (χ0n) is 13.3. The van der Waals surface area contributed by atoms with E-state index >= 15 is 0 Å². The standard InChI is InChI=1S/C16H23ClN2OS.ClH/c1-4-21-13-6-5-11(17)9-12(13)15(20)19-8-7-14(18)16(2,3)10-19;/h5-6,9,14H,4,7-8,10,18H2,1-3H3;1H. The lowest BCUT2D eigenvalue weighted by Crippen LogP contribution is -2.54. The van der Waals surface area contributed by atoms with E-state index in [0.29, 0.717) is 23.7 Å². The zero-order chi connectivity index (χ0) is 15.6. The summed E-state index contributed by atoms with van der Waals surface area (Å²) in [5, 5.41) is 0.603. The number of carbonyl (C=O) groups excluding carboxylic acids is 1. The molecule has 6 heteroatoms. The van der Waals surface area contributed by atoms with Gasteiger partial charge < -0.3 is 10.6 Å². The minimum absolute atomic E-state index is 0. The molecule has 1 atom stereocenters. The normalized spacial score (nSPS) is 20.4. The van der Waals surface area contributed by atoms with Crippen LogP contribution in [0.2, 0.25) is 5.02 Å². The summed E-state index contributed by atoms with van der Waals surface area (Å²) in [6.07, 6.45) is 0.843. The third-order valence-electron chi connectivity index (χ3n) is 4.07. The summed E-state index contributed by atoms with van der Waals surface area (Å²) in [6, 6.07) is 5.70. The van der Waals surface area contributed by atoms with Crippen LogP contribution in [0.1, 0.15) is 37.6 Å². The molecule has 124 valence electrons. The van der Waals surface area contributed by atoms with Gasteiger partial charge in [-0.25, -0.2) is 0 Å². The first-order valence-corrected chi connectivity index (χ1v) is 8.68. The highest BCUT2D eigenvalue weighted by Crippen LogP contribution is 2.31. The van der Waals surface area contributed by atoms with Gasteiger partial charge in [0.2, 0.25) is 0 Å². The van der Waals surface area contributed by atoms with Crippen LogP contribution < -0.4 is 5.73 Å². The number of piperidine rings is 1. The number of rotatable bonds is 3. The summed E-state index contributed by atoms with van der Waals surface area (Å²) in [7, 11) is 0. The summed E-state index contributed by atoms with van der Waals surface area (Å²) in [6.45, 7) is 7.73. The van der Waals surface area contributed by atoms with E-state index in [4.69, 9.17) is 17.3 Å².